The zero-order chi connectivity index (χ0) is 10.8. The first-order chi connectivity index (χ1) is 7.18. The van der Waals surface area contributed by atoms with Crippen LogP contribution < -0.4 is 5.32 Å². The van der Waals surface area contributed by atoms with Crippen molar-refractivity contribution < 1.29 is 9.84 Å². The van der Waals surface area contributed by atoms with E-state index in [-0.39, 0.29) is 6.04 Å². The molecular weight excluding hydrogens is 258 g/mol. The molecule has 1 aliphatic rings. The number of hydrogen-bond acceptors (Lipinski definition) is 3. The van der Waals surface area contributed by atoms with Crippen LogP contribution >= 0.6 is 15.9 Å². The molecule has 2 unspecified atom stereocenters. The molecule has 3 nitrogen and oxygen atoms in total. The predicted molar refractivity (Wildman–Crippen MR) is 63.1 cm³/mol. The minimum absolute atomic E-state index is 0.0110. The van der Waals surface area contributed by atoms with Gasteiger partial charge < -0.3 is 15.2 Å². The van der Waals surface area contributed by atoms with Gasteiger partial charge in [-0.3, -0.25) is 0 Å². The molecule has 0 aromatic heterocycles. The van der Waals surface area contributed by atoms with Crippen LogP contribution in [0.4, 0.5) is 5.69 Å². The highest BCUT2D eigenvalue weighted by molar-refractivity contribution is 9.10. The van der Waals surface area contributed by atoms with Crippen molar-refractivity contribution in [3.05, 3.63) is 28.2 Å². The first-order valence-electron chi connectivity index (χ1n) is 4.96. The summed E-state index contributed by atoms with van der Waals surface area (Å²) < 4.78 is 6.23. The first kappa shape index (κ1) is 10.9. The summed E-state index contributed by atoms with van der Waals surface area (Å²) in [4.78, 5) is 0. The van der Waals surface area contributed by atoms with Crippen molar-refractivity contribution >= 4 is 21.6 Å². The second-order valence-electron chi connectivity index (χ2n) is 3.79. The topological polar surface area (TPSA) is 41.5 Å². The molecule has 4 heteroatoms. The van der Waals surface area contributed by atoms with Crippen molar-refractivity contribution in [3.8, 4) is 0 Å². The largest absolute Gasteiger partial charge is 0.388 e. The molecule has 2 N–H and O–H groups in total. The van der Waals surface area contributed by atoms with Crippen LogP contribution in [-0.4, -0.2) is 30.5 Å². The van der Waals surface area contributed by atoms with Crippen molar-refractivity contribution in [2.45, 2.75) is 19.1 Å². The number of anilines is 1. The number of aliphatic hydroxyl groups excluding tert-OH is 1. The van der Waals surface area contributed by atoms with E-state index < -0.39 is 6.10 Å². The highest BCUT2D eigenvalue weighted by atomic mass is 79.9. The fourth-order valence-electron chi connectivity index (χ4n) is 1.64. The van der Waals surface area contributed by atoms with Gasteiger partial charge in [-0.2, -0.15) is 0 Å². The lowest BCUT2D eigenvalue weighted by atomic mass is 10.1. The Labute approximate surface area is 97.6 Å². The second kappa shape index (κ2) is 4.51. The average molecular weight is 272 g/mol. The van der Waals surface area contributed by atoms with Gasteiger partial charge in [0.1, 0.15) is 0 Å². The Hall–Kier alpha value is -0.580. The zero-order valence-corrected chi connectivity index (χ0v) is 10.1. The van der Waals surface area contributed by atoms with Gasteiger partial charge in [0.05, 0.1) is 25.4 Å². The monoisotopic (exact) mass is 271 g/mol. The van der Waals surface area contributed by atoms with Gasteiger partial charge in [-0.25, -0.2) is 0 Å². The fourth-order valence-corrected chi connectivity index (χ4v) is 2.02. The number of halogens is 1. The quantitative estimate of drug-likeness (QED) is 0.864. The number of ether oxygens (including phenoxy) is 1. The summed E-state index contributed by atoms with van der Waals surface area (Å²) in [6, 6.07) is 6.01. The molecule has 1 fully saturated rings. The number of rotatable bonds is 2. The molecule has 0 aliphatic carbocycles. The maximum atomic E-state index is 9.61. The van der Waals surface area contributed by atoms with E-state index in [1.807, 2.05) is 25.1 Å². The number of aryl methyl sites for hydroxylation is 1. The van der Waals surface area contributed by atoms with Crippen molar-refractivity contribution in [2.24, 2.45) is 0 Å². The van der Waals surface area contributed by atoms with Gasteiger partial charge in [-0.1, -0.05) is 12.1 Å². The molecule has 0 saturated carbocycles. The van der Waals surface area contributed by atoms with Gasteiger partial charge in [-0.05, 0) is 34.5 Å². The van der Waals surface area contributed by atoms with E-state index >= 15 is 0 Å². The third-order valence-electron chi connectivity index (χ3n) is 2.58. The summed E-state index contributed by atoms with van der Waals surface area (Å²) in [5, 5.41) is 12.9. The SMILES string of the molecule is Cc1cccc(NC2COCC2O)c1Br. The summed E-state index contributed by atoms with van der Waals surface area (Å²) in [6.07, 6.45) is -0.419. The molecule has 2 atom stereocenters. The van der Waals surface area contributed by atoms with Gasteiger partial charge in [0, 0.05) is 10.2 Å². The van der Waals surface area contributed by atoms with E-state index in [4.69, 9.17) is 4.74 Å². The van der Waals surface area contributed by atoms with Crippen molar-refractivity contribution in [2.75, 3.05) is 18.5 Å². The minimum atomic E-state index is -0.419. The summed E-state index contributed by atoms with van der Waals surface area (Å²) >= 11 is 3.52. The molecule has 1 heterocycles. The maximum Gasteiger partial charge on any atom is 0.0996 e. The van der Waals surface area contributed by atoms with Crippen molar-refractivity contribution in [1.29, 1.82) is 0 Å². The molecule has 15 heavy (non-hydrogen) atoms. The molecule has 1 aromatic rings. The van der Waals surface area contributed by atoms with Gasteiger partial charge in [-0.15, -0.1) is 0 Å². The predicted octanol–water partition coefficient (Wildman–Crippen LogP) is 1.93. The van der Waals surface area contributed by atoms with Gasteiger partial charge >= 0.3 is 0 Å². The molecule has 0 amide bonds. The maximum absolute atomic E-state index is 9.61. The summed E-state index contributed by atoms with van der Waals surface area (Å²) in [7, 11) is 0. The Morgan fingerprint density at radius 2 is 2.27 bits per heavy atom. The molecular formula is C11H14BrNO2. The smallest absolute Gasteiger partial charge is 0.0996 e. The molecule has 82 valence electrons. The third-order valence-corrected chi connectivity index (χ3v) is 3.64. The highest BCUT2D eigenvalue weighted by Gasteiger charge is 2.26. The van der Waals surface area contributed by atoms with Crippen molar-refractivity contribution in [3.63, 3.8) is 0 Å². The first-order valence-corrected chi connectivity index (χ1v) is 5.75. The second-order valence-corrected chi connectivity index (χ2v) is 4.59. The third kappa shape index (κ3) is 2.33. The Morgan fingerprint density at radius 1 is 1.47 bits per heavy atom. The van der Waals surface area contributed by atoms with E-state index in [2.05, 4.69) is 21.2 Å². The minimum Gasteiger partial charge on any atom is -0.388 e. The van der Waals surface area contributed by atoms with Crippen LogP contribution in [0.25, 0.3) is 0 Å². The Balaban J connectivity index is 2.13. The van der Waals surface area contributed by atoms with Crippen LogP contribution in [-0.2, 0) is 4.74 Å². The Bertz CT molecular complexity index is 356. The van der Waals surface area contributed by atoms with Crippen LogP contribution in [0, 0.1) is 6.92 Å². The molecule has 0 bridgehead atoms. The van der Waals surface area contributed by atoms with Crippen LogP contribution in [0.3, 0.4) is 0 Å². The molecule has 1 saturated heterocycles. The van der Waals surface area contributed by atoms with E-state index in [1.165, 1.54) is 5.56 Å². The Kier molecular flexibility index (Phi) is 3.29. The van der Waals surface area contributed by atoms with Crippen LogP contribution in [0.1, 0.15) is 5.56 Å². The number of nitrogens with one attached hydrogen (secondary N) is 1. The molecule has 0 radical (unpaired) electrons. The summed E-state index contributed by atoms with van der Waals surface area (Å²) in [5.74, 6) is 0. The van der Waals surface area contributed by atoms with E-state index in [0.29, 0.717) is 13.2 Å². The summed E-state index contributed by atoms with van der Waals surface area (Å²) in [6.45, 7) is 3.01. The standard InChI is InChI=1S/C11H14BrNO2/c1-7-3-2-4-8(11(7)12)13-9-5-15-6-10(9)14/h2-4,9-10,13-14H,5-6H2,1H3. The van der Waals surface area contributed by atoms with Gasteiger partial charge in [0.25, 0.3) is 0 Å². The van der Waals surface area contributed by atoms with Crippen LogP contribution in [0.5, 0.6) is 0 Å². The van der Waals surface area contributed by atoms with E-state index in [0.717, 1.165) is 10.2 Å². The van der Waals surface area contributed by atoms with Gasteiger partial charge in [0.2, 0.25) is 0 Å². The molecule has 1 aromatic carbocycles. The van der Waals surface area contributed by atoms with Crippen LogP contribution in [0.15, 0.2) is 22.7 Å². The number of aliphatic hydroxyl groups is 1. The molecule has 2 rings (SSSR count). The van der Waals surface area contributed by atoms with Gasteiger partial charge in [0.15, 0.2) is 0 Å². The normalized spacial score (nSPS) is 25.5. The lowest BCUT2D eigenvalue weighted by molar-refractivity contribution is 0.125. The fraction of sp³-hybridized carbons (Fsp3) is 0.455. The number of hydrogen-bond donors (Lipinski definition) is 2. The zero-order valence-electron chi connectivity index (χ0n) is 8.53. The highest BCUT2D eigenvalue weighted by Crippen LogP contribution is 2.27. The lowest BCUT2D eigenvalue weighted by Crippen LogP contribution is -2.31. The van der Waals surface area contributed by atoms with E-state index in [1.54, 1.807) is 0 Å². The van der Waals surface area contributed by atoms with E-state index in [9.17, 15) is 5.11 Å². The Morgan fingerprint density at radius 3 is 2.93 bits per heavy atom. The summed E-state index contributed by atoms with van der Waals surface area (Å²) in [5.41, 5.74) is 2.18. The average Bonchev–Trinajstić information content (AvgIpc) is 2.60. The number of benzene rings is 1. The van der Waals surface area contributed by atoms with Crippen molar-refractivity contribution in [1.82, 2.24) is 0 Å². The van der Waals surface area contributed by atoms with Crippen LogP contribution in [0.2, 0.25) is 0 Å². The molecule has 1 aliphatic heterocycles. The lowest BCUT2D eigenvalue weighted by Gasteiger charge is -2.17. The molecule has 0 spiro atoms.